The van der Waals surface area contributed by atoms with Crippen molar-refractivity contribution in [2.45, 2.75) is 56.9 Å². The fourth-order valence-electron chi connectivity index (χ4n) is 4.24. The van der Waals surface area contributed by atoms with Gasteiger partial charge in [0, 0.05) is 17.8 Å². The molecule has 0 heterocycles. The fourth-order valence-corrected chi connectivity index (χ4v) is 4.24. The van der Waals surface area contributed by atoms with Crippen molar-refractivity contribution in [3.8, 4) is 5.75 Å². The average molecular weight is 288 g/mol. The van der Waals surface area contributed by atoms with Crippen molar-refractivity contribution < 1.29 is 4.74 Å². The van der Waals surface area contributed by atoms with E-state index in [0.717, 1.165) is 18.0 Å². The maximum absolute atomic E-state index is 6.14. The summed E-state index contributed by atoms with van der Waals surface area (Å²) >= 11 is 0. The molecule has 0 saturated heterocycles. The molecule has 2 aliphatic rings. The molecule has 116 valence electrons. The van der Waals surface area contributed by atoms with Gasteiger partial charge in [0.05, 0.1) is 7.11 Å². The first-order valence-corrected chi connectivity index (χ1v) is 8.32. The highest BCUT2D eigenvalue weighted by Crippen LogP contribution is 2.51. The Labute approximate surface area is 128 Å². The van der Waals surface area contributed by atoms with Crippen LogP contribution in [0.4, 0.5) is 5.69 Å². The summed E-state index contributed by atoms with van der Waals surface area (Å²) in [5, 5.41) is 3.72. The lowest BCUT2D eigenvalue weighted by atomic mass is 9.66. The average Bonchev–Trinajstić information content (AvgIpc) is 2.99. The maximum Gasteiger partial charge on any atom is 0.119 e. The summed E-state index contributed by atoms with van der Waals surface area (Å²) in [6.45, 7) is 0.717. The number of hydrogen-bond acceptors (Lipinski definition) is 3. The van der Waals surface area contributed by atoms with Crippen molar-refractivity contribution in [1.82, 2.24) is 0 Å². The largest absolute Gasteiger partial charge is 0.497 e. The van der Waals surface area contributed by atoms with E-state index < -0.39 is 0 Å². The minimum atomic E-state index is 0.0857. The number of methoxy groups -OCH3 is 1. The molecule has 0 bridgehead atoms. The fraction of sp³-hybridized carbons (Fsp3) is 0.667. The van der Waals surface area contributed by atoms with Crippen LogP contribution in [0.3, 0.4) is 0 Å². The van der Waals surface area contributed by atoms with Gasteiger partial charge >= 0.3 is 0 Å². The lowest BCUT2D eigenvalue weighted by Gasteiger charge is -2.45. The molecule has 3 heteroatoms. The second-order valence-corrected chi connectivity index (χ2v) is 7.05. The highest BCUT2D eigenvalue weighted by Gasteiger charge is 2.43. The third-order valence-corrected chi connectivity index (χ3v) is 5.82. The van der Waals surface area contributed by atoms with E-state index in [2.05, 4.69) is 17.4 Å². The molecule has 3 N–H and O–H groups in total. The van der Waals surface area contributed by atoms with Crippen molar-refractivity contribution >= 4 is 5.69 Å². The molecule has 2 saturated carbocycles. The maximum atomic E-state index is 6.14. The van der Waals surface area contributed by atoms with Crippen LogP contribution in [0, 0.1) is 5.41 Å². The number of benzene rings is 1. The molecule has 0 unspecified atom stereocenters. The van der Waals surface area contributed by atoms with E-state index in [4.69, 9.17) is 10.5 Å². The van der Waals surface area contributed by atoms with Gasteiger partial charge in [-0.15, -0.1) is 0 Å². The van der Waals surface area contributed by atoms with Crippen LogP contribution in [0.25, 0.3) is 0 Å². The summed E-state index contributed by atoms with van der Waals surface area (Å²) in [7, 11) is 1.70. The van der Waals surface area contributed by atoms with Gasteiger partial charge in [-0.25, -0.2) is 0 Å². The Bertz CT molecular complexity index is 453. The Morgan fingerprint density at radius 1 is 1.00 bits per heavy atom. The van der Waals surface area contributed by atoms with Gasteiger partial charge in [0.15, 0.2) is 0 Å². The van der Waals surface area contributed by atoms with Gasteiger partial charge in [-0.05, 0) is 68.2 Å². The van der Waals surface area contributed by atoms with Gasteiger partial charge in [0.25, 0.3) is 0 Å². The second-order valence-electron chi connectivity index (χ2n) is 7.05. The molecule has 1 aromatic rings. The molecule has 3 rings (SSSR count). The van der Waals surface area contributed by atoms with E-state index in [1.165, 1.54) is 51.4 Å². The summed E-state index contributed by atoms with van der Waals surface area (Å²) in [6.07, 6.45) is 10.8. The van der Waals surface area contributed by atoms with E-state index in [0.29, 0.717) is 5.41 Å². The highest BCUT2D eigenvalue weighted by atomic mass is 16.5. The summed E-state index contributed by atoms with van der Waals surface area (Å²) in [4.78, 5) is 0. The summed E-state index contributed by atoms with van der Waals surface area (Å²) in [5.41, 5.74) is 8.04. The SMILES string of the molecule is COc1ccc(NC2(CN)CCC3(CCCC3)CC2)cc1. The number of hydrogen-bond donors (Lipinski definition) is 2. The second kappa shape index (κ2) is 5.88. The smallest absolute Gasteiger partial charge is 0.119 e. The zero-order valence-electron chi connectivity index (χ0n) is 13.2. The van der Waals surface area contributed by atoms with Gasteiger partial charge in [0.1, 0.15) is 5.75 Å². The Hall–Kier alpha value is -1.22. The third kappa shape index (κ3) is 3.03. The molecule has 0 aliphatic heterocycles. The minimum Gasteiger partial charge on any atom is -0.497 e. The van der Waals surface area contributed by atoms with Crippen LogP contribution in [0.15, 0.2) is 24.3 Å². The van der Waals surface area contributed by atoms with E-state index in [9.17, 15) is 0 Å². The van der Waals surface area contributed by atoms with Gasteiger partial charge in [0.2, 0.25) is 0 Å². The molecule has 0 amide bonds. The number of anilines is 1. The topological polar surface area (TPSA) is 47.3 Å². The third-order valence-electron chi connectivity index (χ3n) is 5.82. The Morgan fingerprint density at radius 2 is 1.62 bits per heavy atom. The molecule has 3 nitrogen and oxygen atoms in total. The quantitative estimate of drug-likeness (QED) is 0.882. The zero-order valence-corrected chi connectivity index (χ0v) is 13.2. The standard InChI is InChI=1S/C18H28N2O/c1-21-16-6-4-15(5-7-16)20-18(14-19)12-10-17(11-13-18)8-2-3-9-17/h4-7,20H,2-3,8-14,19H2,1H3. The van der Waals surface area contributed by atoms with Crippen LogP contribution in [0.5, 0.6) is 5.75 Å². The van der Waals surface area contributed by atoms with Crippen molar-refractivity contribution in [3.05, 3.63) is 24.3 Å². The first kappa shape index (κ1) is 14.7. The van der Waals surface area contributed by atoms with E-state index >= 15 is 0 Å². The van der Waals surface area contributed by atoms with Gasteiger partial charge in [-0.3, -0.25) is 0 Å². The first-order chi connectivity index (χ1) is 10.2. The molecule has 1 spiro atoms. The monoisotopic (exact) mass is 288 g/mol. The van der Waals surface area contributed by atoms with Crippen LogP contribution in [0.2, 0.25) is 0 Å². The summed E-state index contributed by atoms with van der Waals surface area (Å²) in [5.74, 6) is 0.899. The lowest BCUT2D eigenvalue weighted by molar-refractivity contribution is 0.148. The molecular formula is C18H28N2O. The molecule has 0 radical (unpaired) electrons. The molecule has 21 heavy (non-hydrogen) atoms. The number of rotatable bonds is 4. The number of nitrogens with one attached hydrogen (secondary N) is 1. The van der Waals surface area contributed by atoms with Crippen molar-refractivity contribution in [2.75, 3.05) is 19.0 Å². The lowest BCUT2D eigenvalue weighted by Crippen LogP contribution is -2.49. The highest BCUT2D eigenvalue weighted by molar-refractivity contribution is 5.48. The molecule has 2 aliphatic carbocycles. The van der Waals surface area contributed by atoms with Crippen molar-refractivity contribution in [3.63, 3.8) is 0 Å². The van der Waals surface area contributed by atoms with Crippen LogP contribution in [-0.4, -0.2) is 19.2 Å². The molecular weight excluding hydrogens is 260 g/mol. The Kier molecular flexibility index (Phi) is 4.12. The number of ether oxygens (including phenoxy) is 1. The predicted molar refractivity (Wildman–Crippen MR) is 87.8 cm³/mol. The van der Waals surface area contributed by atoms with E-state index in [-0.39, 0.29) is 5.54 Å². The van der Waals surface area contributed by atoms with E-state index in [1.54, 1.807) is 7.11 Å². The Balaban J connectivity index is 1.66. The minimum absolute atomic E-state index is 0.0857. The first-order valence-electron chi connectivity index (χ1n) is 8.32. The number of nitrogens with two attached hydrogens (primary N) is 1. The van der Waals surface area contributed by atoms with Crippen LogP contribution in [-0.2, 0) is 0 Å². The van der Waals surface area contributed by atoms with Gasteiger partial charge < -0.3 is 15.8 Å². The van der Waals surface area contributed by atoms with Crippen molar-refractivity contribution in [2.24, 2.45) is 11.1 Å². The van der Waals surface area contributed by atoms with Crippen LogP contribution >= 0.6 is 0 Å². The normalized spacial score (nSPS) is 23.1. The van der Waals surface area contributed by atoms with Gasteiger partial charge in [-0.1, -0.05) is 12.8 Å². The summed E-state index contributed by atoms with van der Waals surface area (Å²) in [6, 6.07) is 8.20. The van der Waals surface area contributed by atoms with Crippen LogP contribution in [0.1, 0.15) is 51.4 Å². The van der Waals surface area contributed by atoms with Crippen molar-refractivity contribution in [1.29, 1.82) is 0 Å². The summed E-state index contributed by atoms with van der Waals surface area (Å²) < 4.78 is 5.22. The van der Waals surface area contributed by atoms with Gasteiger partial charge in [-0.2, -0.15) is 0 Å². The molecule has 1 aromatic carbocycles. The molecule has 0 aromatic heterocycles. The molecule has 2 fully saturated rings. The van der Waals surface area contributed by atoms with E-state index in [1.807, 2.05) is 12.1 Å². The Morgan fingerprint density at radius 3 is 2.14 bits per heavy atom. The predicted octanol–water partition coefficient (Wildman–Crippen LogP) is 3.94. The molecule has 0 atom stereocenters. The zero-order chi connectivity index (χ0) is 14.8. The van der Waals surface area contributed by atoms with Crippen LogP contribution < -0.4 is 15.8 Å².